The fraction of sp³-hybridized carbons (Fsp3) is 0.579. The second-order valence-electron chi connectivity index (χ2n) is 7.28. The highest BCUT2D eigenvalue weighted by Crippen LogP contribution is 2.18. The van der Waals surface area contributed by atoms with E-state index >= 15 is 0 Å². The topological polar surface area (TPSA) is 73.5 Å². The number of rotatable bonds is 6. The molecule has 1 atom stereocenters. The Bertz CT molecular complexity index is 584. The Morgan fingerprint density at radius 3 is 2.40 bits per heavy atom. The normalized spacial score (nSPS) is 17.8. The highest BCUT2D eigenvalue weighted by atomic mass is 16.2. The van der Waals surface area contributed by atoms with Crippen LogP contribution < -0.4 is 16.0 Å². The average molecular weight is 346 g/mol. The van der Waals surface area contributed by atoms with Gasteiger partial charge in [-0.1, -0.05) is 0 Å². The number of anilines is 1. The van der Waals surface area contributed by atoms with E-state index in [9.17, 15) is 9.59 Å². The maximum atomic E-state index is 12.3. The fourth-order valence-corrected chi connectivity index (χ4v) is 2.97. The van der Waals surface area contributed by atoms with E-state index in [-0.39, 0.29) is 18.0 Å². The van der Waals surface area contributed by atoms with Crippen LogP contribution in [0.4, 0.5) is 10.5 Å². The van der Waals surface area contributed by atoms with Crippen molar-refractivity contribution in [2.24, 2.45) is 5.92 Å². The van der Waals surface area contributed by atoms with Crippen LogP contribution in [0.2, 0.25) is 0 Å². The second kappa shape index (κ2) is 8.85. The Balaban J connectivity index is 1.79. The van der Waals surface area contributed by atoms with Gasteiger partial charge in [-0.25, -0.2) is 4.79 Å². The molecule has 138 valence electrons. The summed E-state index contributed by atoms with van der Waals surface area (Å²) in [4.78, 5) is 26.4. The van der Waals surface area contributed by atoms with Gasteiger partial charge in [0, 0.05) is 36.4 Å². The molecule has 0 radical (unpaired) electrons. The molecule has 2 rings (SSSR count). The largest absolute Gasteiger partial charge is 0.352 e. The molecule has 0 unspecified atom stereocenters. The Morgan fingerprint density at radius 1 is 1.16 bits per heavy atom. The highest BCUT2D eigenvalue weighted by Gasteiger charge is 2.24. The van der Waals surface area contributed by atoms with Gasteiger partial charge in [0.05, 0.1) is 0 Å². The lowest BCUT2D eigenvalue weighted by molar-refractivity contribution is 0.0947. The van der Waals surface area contributed by atoms with Crippen molar-refractivity contribution >= 4 is 17.6 Å². The summed E-state index contributed by atoms with van der Waals surface area (Å²) in [7, 11) is 0. The van der Waals surface area contributed by atoms with Gasteiger partial charge in [-0.2, -0.15) is 0 Å². The number of hydrogen-bond donors (Lipinski definition) is 3. The molecule has 25 heavy (non-hydrogen) atoms. The molecule has 0 bridgehead atoms. The summed E-state index contributed by atoms with van der Waals surface area (Å²) in [6.45, 7) is 11.1. The first-order valence-corrected chi connectivity index (χ1v) is 9.05. The summed E-state index contributed by atoms with van der Waals surface area (Å²) in [6.07, 6.45) is 1.13. The Morgan fingerprint density at radius 2 is 1.84 bits per heavy atom. The van der Waals surface area contributed by atoms with Crippen molar-refractivity contribution in [1.29, 1.82) is 0 Å². The number of carbonyl (C=O) groups is 2. The second-order valence-corrected chi connectivity index (χ2v) is 7.28. The highest BCUT2D eigenvalue weighted by molar-refractivity contribution is 5.95. The van der Waals surface area contributed by atoms with Crippen LogP contribution in [0, 0.1) is 5.92 Å². The van der Waals surface area contributed by atoms with E-state index in [2.05, 4.69) is 34.7 Å². The number of nitrogens with one attached hydrogen (secondary N) is 3. The minimum atomic E-state index is -0.247. The van der Waals surface area contributed by atoms with Crippen LogP contribution in [0.5, 0.6) is 0 Å². The summed E-state index contributed by atoms with van der Waals surface area (Å²) in [5, 5.41) is 8.52. The predicted octanol–water partition coefficient (Wildman–Crippen LogP) is 2.68. The van der Waals surface area contributed by atoms with Crippen molar-refractivity contribution in [1.82, 2.24) is 15.5 Å². The Hall–Kier alpha value is -2.08. The van der Waals surface area contributed by atoms with Crippen molar-refractivity contribution in [2.75, 3.05) is 25.0 Å². The van der Waals surface area contributed by atoms with Crippen LogP contribution in [0.25, 0.3) is 0 Å². The molecule has 3 N–H and O–H groups in total. The van der Waals surface area contributed by atoms with Crippen LogP contribution in [0.15, 0.2) is 24.3 Å². The molecule has 1 aliphatic heterocycles. The quantitative estimate of drug-likeness (QED) is 0.741. The molecular formula is C19H30N4O2. The standard InChI is InChI=1S/C19H30N4O2/c1-13(2)21-19(25)22-17-7-5-16(6-8-17)18(24)20-11-15-9-10-23(12-15)14(3)4/h5-8,13-15H,9-12H2,1-4H3,(H,20,24)(H2,21,22,25)/t15-/m1/s1. The van der Waals surface area contributed by atoms with E-state index in [1.54, 1.807) is 24.3 Å². The molecular weight excluding hydrogens is 316 g/mol. The molecule has 0 saturated carbocycles. The van der Waals surface area contributed by atoms with Crippen molar-refractivity contribution in [3.8, 4) is 0 Å². The van der Waals surface area contributed by atoms with Gasteiger partial charge >= 0.3 is 6.03 Å². The third-order valence-corrected chi connectivity index (χ3v) is 4.42. The van der Waals surface area contributed by atoms with Crippen molar-refractivity contribution in [2.45, 2.75) is 46.2 Å². The van der Waals surface area contributed by atoms with Crippen molar-refractivity contribution in [3.63, 3.8) is 0 Å². The number of amides is 3. The van der Waals surface area contributed by atoms with E-state index < -0.39 is 0 Å². The summed E-state index contributed by atoms with van der Waals surface area (Å²) >= 11 is 0. The number of likely N-dealkylation sites (tertiary alicyclic amines) is 1. The number of hydrogen-bond acceptors (Lipinski definition) is 3. The minimum Gasteiger partial charge on any atom is -0.352 e. The van der Waals surface area contributed by atoms with Gasteiger partial charge in [0.1, 0.15) is 0 Å². The summed E-state index contributed by atoms with van der Waals surface area (Å²) in [5.74, 6) is 0.452. The number of urea groups is 1. The molecule has 1 fully saturated rings. The lowest BCUT2D eigenvalue weighted by Crippen LogP contribution is -2.34. The maximum Gasteiger partial charge on any atom is 0.319 e. The zero-order valence-electron chi connectivity index (χ0n) is 15.6. The van der Waals surface area contributed by atoms with Crippen LogP contribution in [-0.2, 0) is 0 Å². The lowest BCUT2D eigenvalue weighted by Gasteiger charge is -2.20. The average Bonchev–Trinajstić information content (AvgIpc) is 3.01. The summed E-state index contributed by atoms with van der Waals surface area (Å²) in [6, 6.07) is 7.34. The van der Waals surface area contributed by atoms with Crippen LogP contribution in [-0.4, -0.2) is 48.6 Å². The van der Waals surface area contributed by atoms with Gasteiger partial charge in [-0.3, -0.25) is 4.79 Å². The Kier molecular flexibility index (Phi) is 6.82. The van der Waals surface area contributed by atoms with Gasteiger partial charge in [-0.05, 0) is 70.8 Å². The maximum absolute atomic E-state index is 12.3. The number of nitrogens with zero attached hydrogens (tertiary/aromatic N) is 1. The molecule has 0 spiro atoms. The van der Waals surface area contributed by atoms with Crippen LogP contribution in [0.3, 0.4) is 0 Å². The van der Waals surface area contributed by atoms with Gasteiger partial charge in [0.15, 0.2) is 0 Å². The molecule has 6 heteroatoms. The third-order valence-electron chi connectivity index (χ3n) is 4.42. The Labute approximate surface area is 150 Å². The fourth-order valence-electron chi connectivity index (χ4n) is 2.97. The van der Waals surface area contributed by atoms with E-state index in [0.29, 0.717) is 29.8 Å². The van der Waals surface area contributed by atoms with E-state index in [1.807, 2.05) is 13.8 Å². The molecule has 3 amide bonds. The van der Waals surface area contributed by atoms with Crippen LogP contribution >= 0.6 is 0 Å². The monoisotopic (exact) mass is 346 g/mol. The molecule has 1 heterocycles. The predicted molar refractivity (Wildman–Crippen MR) is 101 cm³/mol. The first kappa shape index (κ1) is 19.2. The van der Waals surface area contributed by atoms with Gasteiger partial charge in [-0.15, -0.1) is 0 Å². The van der Waals surface area contributed by atoms with Gasteiger partial charge in [0.2, 0.25) is 0 Å². The molecule has 1 aliphatic rings. The van der Waals surface area contributed by atoms with E-state index in [4.69, 9.17) is 0 Å². The zero-order chi connectivity index (χ0) is 18.4. The first-order chi connectivity index (χ1) is 11.8. The van der Waals surface area contributed by atoms with E-state index in [0.717, 1.165) is 19.5 Å². The minimum absolute atomic E-state index is 0.0684. The molecule has 1 aromatic carbocycles. The SMILES string of the molecule is CC(C)NC(=O)Nc1ccc(C(=O)NC[C@H]2CCN(C(C)C)C2)cc1. The summed E-state index contributed by atoms with van der Waals surface area (Å²) < 4.78 is 0. The number of carbonyl (C=O) groups excluding carboxylic acids is 2. The molecule has 1 saturated heterocycles. The zero-order valence-corrected chi connectivity index (χ0v) is 15.6. The van der Waals surface area contributed by atoms with Crippen molar-refractivity contribution < 1.29 is 9.59 Å². The number of benzene rings is 1. The third kappa shape index (κ3) is 6.05. The van der Waals surface area contributed by atoms with Crippen molar-refractivity contribution in [3.05, 3.63) is 29.8 Å². The molecule has 6 nitrogen and oxygen atoms in total. The van der Waals surface area contributed by atoms with Gasteiger partial charge in [0.25, 0.3) is 5.91 Å². The van der Waals surface area contributed by atoms with Crippen LogP contribution in [0.1, 0.15) is 44.5 Å². The first-order valence-electron chi connectivity index (χ1n) is 9.05. The molecule has 0 aromatic heterocycles. The molecule has 0 aliphatic carbocycles. The molecule has 1 aromatic rings. The van der Waals surface area contributed by atoms with Gasteiger partial charge < -0.3 is 20.9 Å². The lowest BCUT2D eigenvalue weighted by atomic mass is 10.1. The van der Waals surface area contributed by atoms with E-state index in [1.165, 1.54) is 0 Å². The summed E-state index contributed by atoms with van der Waals surface area (Å²) in [5.41, 5.74) is 1.27. The smallest absolute Gasteiger partial charge is 0.319 e.